The van der Waals surface area contributed by atoms with Gasteiger partial charge in [-0.05, 0) is 46.1 Å². The lowest BCUT2D eigenvalue weighted by Crippen LogP contribution is -2.45. The average molecular weight is 409 g/mol. The Bertz CT molecular complexity index is 736. The molecule has 1 atom stereocenters. The molecule has 0 saturated heterocycles. The van der Waals surface area contributed by atoms with E-state index in [1.165, 1.54) is 0 Å². The zero-order chi connectivity index (χ0) is 22.3. The number of ketones is 1. The second-order valence-corrected chi connectivity index (χ2v) is 7.62. The molecule has 0 aromatic carbocycles. The largest absolute Gasteiger partial charge is 0.461 e. The van der Waals surface area contributed by atoms with Crippen LogP contribution in [0.3, 0.4) is 0 Å². The second-order valence-electron chi connectivity index (χ2n) is 7.62. The van der Waals surface area contributed by atoms with Crippen molar-refractivity contribution in [3.05, 3.63) is 22.5 Å². The molecule has 0 spiro atoms. The molecule has 0 aliphatic heterocycles. The number of hydrogen-bond donors (Lipinski definition) is 0. The van der Waals surface area contributed by atoms with E-state index in [4.69, 9.17) is 9.47 Å². The van der Waals surface area contributed by atoms with Gasteiger partial charge in [-0.25, -0.2) is 4.79 Å². The SMILES string of the molecule is CCOC(=O)c1c(C)c(C(=O)C(C)N(CCOC)C(=O)CC(C)C)c(C)n1CC. The number of rotatable bonds is 11. The molecule has 0 N–H and O–H groups in total. The highest BCUT2D eigenvalue weighted by Gasteiger charge is 2.32. The number of carbonyl (C=O) groups excluding carboxylic acids is 3. The van der Waals surface area contributed by atoms with Crippen molar-refractivity contribution in [1.29, 1.82) is 0 Å². The predicted molar refractivity (Wildman–Crippen MR) is 112 cm³/mol. The molecule has 0 aliphatic carbocycles. The van der Waals surface area contributed by atoms with Crippen molar-refractivity contribution >= 4 is 17.7 Å². The third-order valence-electron chi connectivity index (χ3n) is 5.08. The first-order valence-corrected chi connectivity index (χ1v) is 10.3. The summed E-state index contributed by atoms with van der Waals surface area (Å²) in [5.74, 6) is -0.497. The molecule has 1 rings (SSSR count). The van der Waals surface area contributed by atoms with Crippen LogP contribution in [0.2, 0.25) is 0 Å². The van der Waals surface area contributed by atoms with E-state index in [1.807, 2.05) is 32.3 Å². The monoisotopic (exact) mass is 408 g/mol. The first-order valence-electron chi connectivity index (χ1n) is 10.3. The Morgan fingerprint density at radius 2 is 1.72 bits per heavy atom. The van der Waals surface area contributed by atoms with Crippen molar-refractivity contribution in [3.63, 3.8) is 0 Å². The van der Waals surface area contributed by atoms with Gasteiger partial charge in [-0.3, -0.25) is 9.59 Å². The van der Waals surface area contributed by atoms with Crippen LogP contribution in [0, 0.1) is 19.8 Å². The molecule has 7 heteroatoms. The summed E-state index contributed by atoms with van der Waals surface area (Å²) in [5, 5.41) is 0. The van der Waals surface area contributed by atoms with Crippen LogP contribution in [0.25, 0.3) is 0 Å². The minimum atomic E-state index is -0.656. The van der Waals surface area contributed by atoms with Gasteiger partial charge in [0.15, 0.2) is 5.78 Å². The molecular weight excluding hydrogens is 372 g/mol. The summed E-state index contributed by atoms with van der Waals surface area (Å²) in [4.78, 5) is 40.3. The first kappa shape index (κ1) is 24.9. The van der Waals surface area contributed by atoms with Gasteiger partial charge in [0.05, 0.1) is 19.3 Å². The van der Waals surface area contributed by atoms with Crippen molar-refractivity contribution in [3.8, 4) is 0 Å². The zero-order valence-electron chi connectivity index (χ0n) is 19.1. The molecule has 29 heavy (non-hydrogen) atoms. The predicted octanol–water partition coefficient (Wildman–Crippen LogP) is 3.39. The van der Waals surface area contributed by atoms with E-state index in [-0.39, 0.29) is 24.2 Å². The molecule has 1 heterocycles. The summed E-state index contributed by atoms with van der Waals surface area (Å²) >= 11 is 0. The number of carbonyl (C=O) groups is 3. The van der Waals surface area contributed by atoms with Crippen LogP contribution in [0.15, 0.2) is 0 Å². The summed E-state index contributed by atoms with van der Waals surface area (Å²) in [7, 11) is 1.57. The molecule has 0 bridgehead atoms. The van der Waals surface area contributed by atoms with Gasteiger partial charge >= 0.3 is 5.97 Å². The van der Waals surface area contributed by atoms with E-state index in [1.54, 1.807) is 32.8 Å². The maximum Gasteiger partial charge on any atom is 0.355 e. The topological polar surface area (TPSA) is 77.8 Å². The minimum absolute atomic E-state index is 0.0752. The number of esters is 1. The van der Waals surface area contributed by atoms with Crippen LogP contribution in [0.4, 0.5) is 0 Å². The molecule has 0 saturated carbocycles. The standard InChI is InChI=1S/C22H36N2O5/c1-9-23-16(6)19(15(5)20(23)22(27)29-10-2)21(26)17(7)24(11-12-28-8)18(25)13-14(3)4/h14,17H,9-13H2,1-8H3. The molecule has 164 valence electrons. The van der Waals surface area contributed by atoms with Crippen LogP contribution >= 0.6 is 0 Å². The van der Waals surface area contributed by atoms with E-state index >= 15 is 0 Å². The summed E-state index contributed by atoms with van der Waals surface area (Å²) in [6, 6.07) is -0.656. The van der Waals surface area contributed by atoms with Crippen LogP contribution in [0.5, 0.6) is 0 Å². The Labute approximate surface area is 174 Å². The lowest BCUT2D eigenvalue weighted by Gasteiger charge is -2.29. The molecule has 1 unspecified atom stereocenters. The Balaban J connectivity index is 3.35. The van der Waals surface area contributed by atoms with Crippen molar-refractivity contribution in [2.75, 3.05) is 26.9 Å². The Kier molecular flexibility index (Phi) is 9.56. The average Bonchev–Trinajstić information content (AvgIpc) is 2.90. The van der Waals surface area contributed by atoms with Gasteiger partial charge in [-0.15, -0.1) is 0 Å². The summed E-state index contributed by atoms with van der Waals surface area (Å²) in [6.45, 7) is 14.4. The fourth-order valence-corrected chi connectivity index (χ4v) is 3.66. The normalized spacial score (nSPS) is 12.2. The number of Topliss-reactive ketones (excluding diaryl/α,β-unsaturated/α-hetero) is 1. The first-order chi connectivity index (χ1) is 13.6. The molecule has 0 radical (unpaired) electrons. The van der Waals surface area contributed by atoms with Gasteiger partial charge in [0.1, 0.15) is 5.69 Å². The number of aromatic nitrogens is 1. The van der Waals surface area contributed by atoms with Gasteiger partial charge in [-0.2, -0.15) is 0 Å². The summed E-state index contributed by atoms with van der Waals surface area (Å²) in [6.07, 6.45) is 0.364. The fraction of sp³-hybridized carbons (Fsp3) is 0.682. The van der Waals surface area contributed by atoms with Crippen LogP contribution in [0.1, 0.15) is 73.1 Å². The Morgan fingerprint density at radius 1 is 1.10 bits per heavy atom. The quantitative estimate of drug-likeness (QED) is 0.414. The van der Waals surface area contributed by atoms with Crippen molar-refractivity contribution in [1.82, 2.24) is 9.47 Å². The van der Waals surface area contributed by atoms with Gasteiger partial charge in [0, 0.05) is 37.9 Å². The molecular formula is C22H36N2O5. The summed E-state index contributed by atoms with van der Waals surface area (Å²) in [5.41, 5.74) is 2.21. The third-order valence-corrected chi connectivity index (χ3v) is 5.08. The number of ether oxygens (including phenoxy) is 2. The van der Waals surface area contributed by atoms with E-state index in [9.17, 15) is 14.4 Å². The van der Waals surface area contributed by atoms with Gasteiger partial charge in [-0.1, -0.05) is 13.8 Å². The highest BCUT2D eigenvalue weighted by Crippen LogP contribution is 2.26. The van der Waals surface area contributed by atoms with Crippen LogP contribution in [-0.2, 0) is 20.8 Å². The maximum absolute atomic E-state index is 13.4. The van der Waals surface area contributed by atoms with Crippen molar-refractivity contribution in [2.24, 2.45) is 5.92 Å². The minimum Gasteiger partial charge on any atom is -0.461 e. The van der Waals surface area contributed by atoms with E-state index in [2.05, 4.69) is 0 Å². The Morgan fingerprint density at radius 3 is 2.21 bits per heavy atom. The molecule has 7 nitrogen and oxygen atoms in total. The summed E-state index contributed by atoms with van der Waals surface area (Å²) < 4.78 is 12.1. The molecule has 1 amide bonds. The zero-order valence-corrected chi connectivity index (χ0v) is 19.1. The lowest BCUT2D eigenvalue weighted by molar-refractivity contribution is -0.133. The highest BCUT2D eigenvalue weighted by molar-refractivity contribution is 6.06. The van der Waals surface area contributed by atoms with E-state index in [0.717, 1.165) is 0 Å². The van der Waals surface area contributed by atoms with Crippen LogP contribution < -0.4 is 0 Å². The Hall–Kier alpha value is -2.15. The lowest BCUT2D eigenvalue weighted by atomic mass is 9.99. The smallest absolute Gasteiger partial charge is 0.355 e. The third kappa shape index (κ3) is 5.69. The molecule has 0 aliphatic rings. The van der Waals surface area contributed by atoms with Gasteiger partial charge in [0.25, 0.3) is 0 Å². The van der Waals surface area contributed by atoms with E-state index in [0.29, 0.717) is 48.6 Å². The van der Waals surface area contributed by atoms with Gasteiger partial charge in [0.2, 0.25) is 5.91 Å². The van der Waals surface area contributed by atoms with Crippen LogP contribution in [-0.4, -0.2) is 60.0 Å². The van der Waals surface area contributed by atoms with Crippen molar-refractivity contribution < 1.29 is 23.9 Å². The number of hydrogen-bond acceptors (Lipinski definition) is 5. The fourth-order valence-electron chi connectivity index (χ4n) is 3.66. The molecule has 1 aromatic rings. The number of methoxy groups -OCH3 is 1. The highest BCUT2D eigenvalue weighted by atomic mass is 16.5. The number of nitrogens with zero attached hydrogens (tertiary/aromatic N) is 2. The number of amides is 1. The van der Waals surface area contributed by atoms with Gasteiger partial charge < -0.3 is 18.9 Å². The molecule has 0 fully saturated rings. The second kappa shape index (κ2) is 11.1. The maximum atomic E-state index is 13.4. The van der Waals surface area contributed by atoms with Crippen molar-refractivity contribution in [2.45, 2.75) is 67.5 Å². The van der Waals surface area contributed by atoms with E-state index < -0.39 is 12.0 Å². The molecule has 1 aromatic heterocycles.